The summed E-state index contributed by atoms with van der Waals surface area (Å²) in [6, 6.07) is 12.4. The Morgan fingerprint density at radius 1 is 1.37 bits per heavy atom. The monoisotopic (exact) mass is 272 g/mol. The van der Waals surface area contributed by atoms with Gasteiger partial charge < -0.3 is 10.1 Å². The molecule has 0 aliphatic rings. The van der Waals surface area contributed by atoms with Crippen LogP contribution in [-0.4, -0.2) is 7.11 Å². The average molecular weight is 272 g/mol. The van der Waals surface area contributed by atoms with Crippen molar-refractivity contribution in [3.63, 3.8) is 0 Å². The number of hydrogen-bond donors (Lipinski definition) is 1. The Bertz CT molecular complexity index is 569. The fourth-order valence-corrected chi connectivity index (χ4v) is 2.56. The van der Waals surface area contributed by atoms with E-state index in [1.165, 1.54) is 10.4 Å². The lowest BCUT2D eigenvalue weighted by atomic mass is 10.1. The van der Waals surface area contributed by atoms with Crippen molar-refractivity contribution in [2.75, 3.05) is 7.11 Å². The van der Waals surface area contributed by atoms with Gasteiger partial charge in [-0.1, -0.05) is 12.1 Å². The number of nitrogens with zero attached hydrogens (tertiary/aromatic N) is 1. The van der Waals surface area contributed by atoms with Crippen LogP contribution in [0.2, 0.25) is 0 Å². The number of hydrogen-bond acceptors (Lipinski definition) is 4. The molecule has 0 fully saturated rings. The Morgan fingerprint density at radius 2 is 2.11 bits per heavy atom. The lowest BCUT2D eigenvalue weighted by molar-refractivity contribution is 0.414. The van der Waals surface area contributed by atoms with Gasteiger partial charge in [0.15, 0.2) is 0 Å². The van der Waals surface area contributed by atoms with Crippen molar-refractivity contribution in [3.05, 3.63) is 51.7 Å². The second-order valence-electron chi connectivity index (χ2n) is 4.29. The van der Waals surface area contributed by atoms with E-state index >= 15 is 0 Å². The summed E-state index contributed by atoms with van der Waals surface area (Å²) >= 11 is 1.61. The molecule has 0 saturated heterocycles. The van der Waals surface area contributed by atoms with Crippen LogP contribution in [0.25, 0.3) is 0 Å². The van der Waals surface area contributed by atoms with Crippen LogP contribution in [0.3, 0.4) is 0 Å². The van der Waals surface area contributed by atoms with Crippen molar-refractivity contribution in [2.45, 2.75) is 19.5 Å². The molecule has 1 heterocycles. The van der Waals surface area contributed by atoms with Crippen molar-refractivity contribution in [1.29, 1.82) is 5.26 Å². The Hall–Kier alpha value is -1.83. The molecule has 1 aromatic heterocycles. The van der Waals surface area contributed by atoms with Gasteiger partial charge in [-0.2, -0.15) is 5.26 Å². The molecule has 0 amide bonds. The van der Waals surface area contributed by atoms with Gasteiger partial charge >= 0.3 is 0 Å². The third-order valence-corrected chi connectivity index (χ3v) is 3.92. The van der Waals surface area contributed by atoms with Crippen molar-refractivity contribution >= 4 is 11.3 Å². The third-order valence-electron chi connectivity index (χ3n) is 2.98. The molecular formula is C15H16N2OS. The number of methoxy groups -OCH3 is 1. The van der Waals surface area contributed by atoms with Crippen LogP contribution in [0.4, 0.5) is 0 Å². The molecule has 0 unspecified atom stereocenters. The molecule has 1 atom stereocenters. The molecule has 98 valence electrons. The number of rotatable bonds is 5. The van der Waals surface area contributed by atoms with Gasteiger partial charge in [-0.05, 0) is 30.7 Å². The number of nitriles is 1. The van der Waals surface area contributed by atoms with Gasteiger partial charge in [-0.25, -0.2) is 0 Å². The average Bonchev–Trinajstić information content (AvgIpc) is 2.93. The molecule has 0 spiro atoms. The highest BCUT2D eigenvalue weighted by Crippen LogP contribution is 2.19. The summed E-state index contributed by atoms with van der Waals surface area (Å²) in [5.74, 6) is 0.868. The molecule has 2 aromatic rings. The molecule has 0 aliphatic carbocycles. The zero-order valence-corrected chi connectivity index (χ0v) is 11.8. The highest BCUT2D eigenvalue weighted by molar-refractivity contribution is 7.10. The molecule has 1 aromatic carbocycles. The SMILES string of the molecule is COc1ccc([C@H](C)NCc2cc(C#N)cs2)cc1. The van der Waals surface area contributed by atoms with Crippen LogP contribution in [0.5, 0.6) is 5.75 Å². The number of benzene rings is 1. The molecule has 1 N–H and O–H groups in total. The van der Waals surface area contributed by atoms with Gasteiger partial charge in [0.2, 0.25) is 0 Å². The van der Waals surface area contributed by atoms with Crippen molar-refractivity contribution in [3.8, 4) is 11.8 Å². The van der Waals surface area contributed by atoms with E-state index in [9.17, 15) is 0 Å². The third kappa shape index (κ3) is 3.57. The molecule has 2 rings (SSSR count). The summed E-state index contributed by atoms with van der Waals surface area (Å²) < 4.78 is 5.14. The van der Waals surface area contributed by atoms with E-state index in [-0.39, 0.29) is 6.04 Å². The predicted molar refractivity (Wildman–Crippen MR) is 77.3 cm³/mol. The Labute approximate surface area is 117 Å². The second-order valence-corrected chi connectivity index (χ2v) is 5.29. The predicted octanol–water partition coefficient (Wildman–Crippen LogP) is 3.48. The van der Waals surface area contributed by atoms with E-state index in [0.29, 0.717) is 0 Å². The van der Waals surface area contributed by atoms with Crippen LogP contribution in [-0.2, 0) is 6.54 Å². The molecule has 4 heteroatoms. The van der Waals surface area contributed by atoms with Gasteiger partial charge in [0, 0.05) is 22.8 Å². The number of ether oxygens (including phenoxy) is 1. The number of nitrogens with one attached hydrogen (secondary N) is 1. The van der Waals surface area contributed by atoms with Crippen molar-refractivity contribution < 1.29 is 4.74 Å². The van der Waals surface area contributed by atoms with Crippen molar-refractivity contribution in [2.24, 2.45) is 0 Å². The van der Waals surface area contributed by atoms with Gasteiger partial charge in [0.25, 0.3) is 0 Å². The van der Waals surface area contributed by atoms with E-state index < -0.39 is 0 Å². The summed E-state index contributed by atoms with van der Waals surface area (Å²) in [4.78, 5) is 1.18. The van der Waals surface area contributed by atoms with E-state index in [1.807, 2.05) is 23.6 Å². The fourth-order valence-electron chi connectivity index (χ4n) is 1.80. The lowest BCUT2D eigenvalue weighted by Crippen LogP contribution is -2.17. The van der Waals surface area contributed by atoms with Crippen LogP contribution >= 0.6 is 11.3 Å². The minimum absolute atomic E-state index is 0.263. The van der Waals surface area contributed by atoms with Crippen LogP contribution in [0.15, 0.2) is 35.7 Å². The van der Waals surface area contributed by atoms with Crippen LogP contribution in [0.1, 0.15) is 29.0 Å². The highest BCUT2D eigenvalue weighted by atomic mass is 32.1. The largest absolute Gasteiger partial charge is 0.497 e. The molecule has 19 heavy (non-hydrogen) atoms. The van der Waals surface area contributed by atoms with E-state index in [2.05, 4.69) is 30.4 Å². The first-order chi connectivity index (χ1) is 9.22. The maximum Gasteiger partial charge on any atom is 0.118 e. The first-order valence-corrected chi connectivity index (χ1v) is 6.95. The summed E-state index contributed by atoms with van der Waals surface area (Å²) in [5.41, 5.74) is 1.96. The zero-order chi connectivity index (χ0) is 13.7. The summed E-state index contributed by atoms with van der Waals surface area (Å²) in [6.45, 7) is 2.90. The molecule has 0 aliphatic heterocycles. The Kier molecular flexibility index (Phi) is 4.56. The first-order valence-electron chi connectivity index (χ1n) is 6.08. The first kappa shape index (κ1) is 13.6. The minimum Gasteiger partial charge on any atom is -0.497 e. The minimum atomic E-state index is 0.263. The molecular weight excluding hydrogens is 256 g/mol. The quantitative estimate of drug-likeness (QED) is 0.906. The number of thiophene rings is 1. The molecule has 0 bridgehead atoms. The van der Waals surface area contributed by atoms with E-state index in [4.69, 9.17) is 10.00 Å². The lowest BCUT2D eigenvalue weighted by Gasteiger charge is -2.14. The van der Waals surface area contributed by atoms with Crippen LogP contribution in [0, 0.1) is 11.3 Å². The standard InChI is InChI=1S/C15H16N2OS/c1-11(13-3-5-14(18-2)6-4-13)17-9-15-7-12(8-16)10-19-15/h3-7,10-11,17H,9H2,1-2H3/t11-/m0/s1. The zero-order valence-electron chi connectivity index (χ0n) is 11.0. The normalized spacial score (nSPS) is 11.8. The maximum absolute atomic E-state index is 8.78. The van der Waals surface area contributed by atoms with Gasteiger partial charge in [0.1, 0.15) is 11.8 Å². The van der Waals surface area contributed by atoms with E-state index in [0.717, 1.165) is 17.9 Å². The highest BCUT2D eigenvalue weighted by Gasteiger charge is 2.06. The topological polar surface area (TPSA) is 45.0 Å². The maximum atomic E-state index is 8.78. The molecule has 0 saturated carbocycles. The van der Waals surface area contributed by atoms with Gasteiger partial charge in [-0.3, -0.25) is 0 Å². The summed E-state index contributed by atoms with van der Waals surface area (Å²) in [6.07, 6.45) is 0. The van der Waals surface area contributed by atoms with Gasteiger partial charge in [0.05, 0.1) is 12.7 Å². The Balaban J connectivity index is 1.93. The van der Waals surface area contributed by atoms with E-state index in [1.54, 1.807) is 18.4 Å². The van der Waals surface area contributed by atoms with Crippen LogP contribution < -0.4 is 10.1 Å². The molecule has 3 nitrogen and oxygen atoms in total. The fraction of sp³-hybridized carbons (Fsp3) is 0.267. The smallest absolute Gasteiger partial charge is 0.118 e. The molecule has 0 radical (unpaired) electrons. The summed E-state index contributed by atoms with van der Waals surface area (Å²) in [7, 11) is 1.67. The Morgan fingerprint density at radius 3 is 2.68 bits per heavy atom. The van der Waals surface area contributed by atoms with Crippen molar-refractivity contribution in [1.82, 2.24) is 5.32 Å². The van der Waals surface area contributed by atoms with Gasteiger partial charge in [-0.15, -0.1) is 11.3 Å². The summed E-state index contributed by atoms with van der Waals surface area (Å²) in [5, 5.41) is 14.1. The second kappa shape index (κ2) is 6.37.